The average Bonchev–Trinajstić information content (AvgIpc) is 2.70. The molecule has 0 unspecified atom stereocenters. The number of pyridine rings is 1. The lowest BCUT2D eigenvalue weighted by Crippen LogP contribution is -2.15. The molecule has 0 fully saturated rings. The summed E-state index contributed by atoms with van der Waals surface area (Å²) < 4.78 is 0.813. The number of anilines is 2. The molecule has 132 valence electrons. The van der Waals surface area contributed by atoms with Crippen molar-refractivity contribution in [3.8, 4) is 6.07 Å². The van der Waals surface area contributed by atoms with Crippen LogP contribution >= 0.6 is 15.9 Å². The number of rotatable bonds is 4. The molecule has 0 aliphatic heterocycles. The van der Waals surface area contributed by atoms with E-state index in [0.29, 0.717) is 28.2 Å². The molecule has 0 aliphatic rings. The van der Waals surface area contributed by atoms with Gasteiger partial charge in [0.05, 0.1) is 11.6 Å². The van der Waals surface area contributed by atoms with Crippen LogP contribution in [0.5, 0.6) is 0 Å². The minimum absolute atomic E-state index is 0.327. The molecule has 3 aromatic rings. The number of nitriles is 1. The van der Waals surface area contributed by atoms with Crippen LogP contribution in [0.1, 0.15) is 26.3 Å². The van der Waals surface area contributed by atoms with E-state index in [0.717, 1.165) is 4.47 Å². The lowest BCUT2D eigenvalue weighted by molar-refractivity contribution is 0.101. The number of amides is 2. The highest BCUT2D eigenvalue weighted by molar-refractivity contribution is 9.10. The van der Waals surface area contributed by atoms with Crippen molar-refractivity contribution in [1.82, 2.24) is 4.98 Å². The van der Waals surface area contributed by atoms with Gasteiger partial charge >= 0.3 is 0 Å². The molecule has 2 N–H and O–H groups in total. The molecule has 0 saturated heterocycles. The third kappa shape index (κ3) is 4.77. The zero-order valence-electron chi connectivity index (χ0n) is 13.9. The van der Waals surface area contributed by atoms with E-state index in [1.54, 1.807) is 66.9 Å². The normalized spacial score (nSPS) is 9.93. The Balaban J connectivity index is 1.70. The van der Waals surface area contributed by atoms with Crippen molar-refractivity contribution in [3.05, 3.63) is 88.0 Å². The van der Waals surface area contributed by atoms with Gasteiger partial charge in [-0.1, -0.05) is 6.07 Å². The van der Waals surface area contributed by atoms with Gasteiger partial charge in [-0.3, -0.25) is 9.59 Å². The molecular weight excluding hydrogens is 408 g/mol. The number of nitrogens with zero attached hydrogens (tertiary/aromatic N) is 2. The summed E-state index contributed by atoms with van der Waals surface area (Å²) in [6.07, 6.45) is 1.59. The average molecular weight is 421 g/mol. The SMILES string of the molecule is N#Cc1ccc(C(=O)Nc2cccc(C(=O)Nc3ccc(Br)cn3)c2)cc1. The molecule has 0 saturated carbocycles. The fourth-order valence-corrected chi connectivity index (χ4v) is 2.51. The predicted octanol–water partition coefficient (Wildman–Crippen LogP) is 4.22. The van der Waals surface area contributed by atoms with E-state index in [2.05, 4.69) is 31.5 Å². The van der Waals surface area contributed by atoms with Gasteiger partial charge in [-0.05, 0) is 70.5 Å². The van der Waals surface area contributed by atoms with Crippen LogP contribution in [0, 0.1) is 11.3 Å². The first-order chi connectivity index (χ1) is 13.0. The summed E-state index contributed by atoms with van der Waals surface area (Å²) in [7, 11) is 0. The highest BCUT2D eigenvalue weighted by Gasteiger charge is 2.10. The van der Waals surface area contributed by atoms with Crippen molar-refractivity contribution in [2.45, 2.75) is 0 Å². The fourth-order valence-electron chi connectivity index (χ4n) is 2.28. The highest BCUT2D eigenvalue weighted by Crippen LogP contribution is 2.15. The van der Waals surface area contributed by atoms with Crippen LogP contribution in [0.3, 0.4) is 0 Å². The van der Waals surface area contributed by atoms with Gasteiger partial charge in [0, 0.05) is 27.5 Å². The second kappa shape index (κ2) is 8.25. The van der Waals surface area contributed by atoms with Crippen LogP contribution in [0.4, 0.5) is 11.5 Å². The van der Waals surface area contributed by atoms with Crippen LogP contribution in [0.25, 0.3) is 0 Å². The molecule has 1 aromatic heterocycles. The van der Waals surface area contributed by atoms with Crippen molar-refractivity contribution in [3.63, 3.8) is 0 Å². The topological polar surface area (TPSA) is 94.9 Å². The number of halogens is 1. The van der Waals surface area contributed by atoms with Gasteiger partial charge in [0.2, 0.25) is 0 Å². The fraction of sp³-hybridized carbons (Fsp3) is 0. The Hall–Kier alpha value is -3.50. The zero-order valence-corrected chi connectivity index (χ0v) is 15.5. The molecule has 0 atom stereocenters. The number of carbonyl (C=O) groups excluding carboxylic acids is 2. The van der Waals surface area contributed by atoms with Crippen LogP contribution in [0.2, 0.25) is 0 Å². The lowest BCUT2D eigenvalue weighted by Gasteiger charge is -2.08. The minimum Gasteiger partial charge on any atom is -0.322 e. The quantitative estimate of drug-likeness (QED) is 0.660. The second-order valence-corrected chi connectivity index (χ2v) is 6.46. The molecule has 7 heteroatoms. The van der Waals surface area contributed by atoms with Crippen LogP contribution in [-0.4, -0.2) is 16.8 Å². The molecule has 2 aromatic carbocycles. The molecule has 27 heavy (non-hydrogen) atoms. The number of hydrogen-bond acceptors (Lipinski definition) is 4. The maximum Gasteiger partial charge on any atom is 0.256 e. The van der Waals surface area contributed by atoms with Crippen LogP contribution < -0.4 is 10.6 Å². The van der Waals surface area contributed by atoms with Crippen LogP contribution in [0.15, 0.2) is 71.3 Å². The number of nitrogens with one attached hydrogen (secondary N) is 2. The number of carbonyl (C=O) groups is 2. The largest absolute Gasteiger partial charge is 0.322 e. The van der Waals surface area contributed by atoms with E-state index in [-0.39, 0.29) is 11.8 Å². The Morgan fingerprint density at radius 3 is 2.33 bits per heavy atom. The molecule has 0 spiro atoms. The maximum absolute atomic E-state index is 12.4. The third-order valence-electron chi connectivity index (χ3n) is 3.63. The van der Waals surface area contributed by atoms with E-state index in [1.165, 1.54) is 0 Å². The molecule has 0 radical (unpaired) electrons. The summed E-state index contributed by atoms with van der Waals surface area (Å²) in [5.74, 6) is -0.235. The summed E-state index contributed by atoms with van der Waals surface area (Å²) >= 11 is 3.28. The Morgan fingerprint density at radius 2 is 1.67 bits per heavy atom. The molecule has 6 nitrogen and oxygen atoms in total. The molecule has 0 bridgehead atoms. The number of aromatic nitrogens is 1. The van der Waals surface area contributed by atoms with Crippen LogP contribution in [-0.2, 0) is 0 Å². The van der Waals surface area contributed by atoms with Gasteiger partial charge in [-0.2, -0.15) is 5.26 Å². The third-order valence-corrected chi connectivity index (χ3v) is 4.10. The Bertz CT molecular complexity index is 1030. The van der Waals surface area contributed by atoms with Gasteiger partial charge in [0.15, 0.2) is 0 Å². The summed E-state index contributed by atoms with van der Waals surface area (Å²) in [6.45, 7) is 0. The molecule has 0 aliphatic carbocycles. The molecule has 3 rings (SSSR count). The Morgan fingerprint density at radius 1 is 0.926 bits per heavy atom. The van der Waals surface area contributed by atoms with E-state index in [9.17, 15) is 9.59 Å². The smallest absolute Gasteiger partial charge is 0.256 e. The second-order valence-electron chi connectivity index (χ2n) is 5.54. The molecule has 1 heterocycles. The van der Waals surface area contributed by atoms with Gasteiger partial charge in [0.25, 0.3) is 11.8 Å². The van der Waals surface area contributed by atoms with Gasteiger partial charge < -0.3 is 10.6 Å². The van der Waals surface area contributed by atoms with Crippen molar-refractivity contribution >= 4 is 39.2 Å². The van der Waals surface area contributed by atoms with E-state index in [4.69, 9.17) is 5.26 Å². The van der Waals surface area contributed by atoms with Crippen molar-refractivity contribution < 1.29 is 9.59 Å². The Kier molecular flexibility index (Phi) is 5.59. The van der Waals surface area contributed by atoms with Gasteiger partial charge in [-0.25, -0.2) is 4.98 Å². The van der Waals surface area contributed by atoms with Gasteiger partial charge in [0.1, 0.15) is 5.82 Å². The maximum atomic E-state index is 12.4. The minimum atomic E-state index is -0.334. The number of benzene rings is 2. The van der Waals surface area contributed by atoms with E-state index < -0.39 is 0 Å². The first-order valence-electron chi connectivity index (χ1n) is 7.89. The lowest BCUT2D eigenvalue weighted by atomic mass is 10.1. The summed E-state index contributed by atoms with van der Waals surface area (Å²) in [6, 6.07) is 18.3. The summed E-state index contributed by atoms with van der Waals surface area (Å²) in [5, 5.41) is 14.2. The van der Waals surface area contributed by atoms with Gasteiger partial charge in [-0.15, -0.1) is 0 Å². The highest BCUT2D eigenvalue weighted by atomic mass is 79.9. The predicted molar refractivity (Wildman–Crippen MR) is 105 cm³/mol. The van der Waals surface area contributed by atoms with Crippen molar-refractivity contribution in [1.29, 1.82) is 5.26 Å². The first kappa shape index (κ1) is 18.3. The summed E-state index contributed by atoms with van der Waals surface area (Å²) in [5.41, 5.74) is 1.77. The first-order valence-corrected chi connectivity index (χ1v) is 8.69. The Labute approximate surface area is 164 Å². The monoisotopic (exact) mass is 420 g/mol. The van der Waals surface area contributed by atoms with E-state index in [1.807, 2.05) is 6.07 Å². The zero-order chi connectivity index (χ0) is 19.2. The van der Waals surface area contributed by atoms with Crippen molar-refractivity contribution in [2.75, 3.05) is 10.6 Å². The van der Waals surface area contributed by atoms with Crippen molar-refractivity contribution in [2.24, 2.45) is 0 Å². The number of hydrogen-bond donors (Lipinski definition) is 2. The molecule has 2 amide bonds. The standard InChI is InChI=1S/C20H13BrN4O2/c21-16-8-9-18(23-12-16)25-20(27)15-2-1-3-17(10-15)24-19(26)14-6-4-13(11-22)5-7-14/h1-10,12H,(H,24,26)(H,23,25,27). The summed E-state index contributed by atoms with van der Waals surface area (Å²) in [4.78, 5) is 28.8. The van der Waals surface area contributed by atoms with E-state index >= 15 is 0 Å². The molecular formula is C20H13BrN4O2.